The summed E-state index contributed by atoms with van der Waals surface area (Å²) in [6.07, 6.45) is 3.88. The number of benzene rings is 1. The number of pyridine rings is 1. The van der Waals surface area contributed by atoms with Crippen molar-refractivity contribution in [3.05, 3.63) is 67.9 Å². The largest absolute Gasteiger partial charge is 0.489 e. The first-order valence-electron chi connectivity index (χ1n) is 11.2. The third kappa shape index (κ3) is 4.50. The molecule has 4 rings (SSSR count). The summed E-state index contributed by atoms with van der Waals surface area (Å²) in [5, 5.41) is 3.19. The van der Waals surface area contributed by atoms with E-state index in [0.717, 1.165) is 27.9 Å². The number of carbonyl (C=O) groups excluding carboxylic acids is 1. The van der Waals surface area contributed by atoms with Crippen LogP contribution in [0.5, 0.6) is 5.75 Å². The zero-order chi connectivity index (χ0) is 24.6. The molecule has 2 aromatic heterocycles. The van der Waals surface area contributed by atoms with Gasteiger partial charge in [-0.3, -0.25) is 9.59 Å². The lowest BCUT2D eigenvalue weighted by molar-refractivity contribution is 0.0725. The summed E-state index contributed by atoms with van der Waals surface area (Å²) in [4.78, 5) is 39.4. The van der Waals surface area contributed by atoms with Crippen molar-refractivity contribution in [1.29, 1.82) is 0 Å². The van der Waals surface area contributed by atoms with E-state index in [1.165, 1.54) is 0 Å². The number of carbonyl (C=O) groups is 1. The lowest BCUT2D eigenvalue weighted by atomic mass is 9.90. The second kappa shape index (κ2) is 9.46. The minimum Gasteiger partial charge on any atom is -0.489 e. The van der Waals surface area contributed by atoms with E-state index in [9.17, 15) is 9.59 Å². The number of halogens is 1. The first-order valence-corrected chi connectivity index (χ1v) is 11.6. The maximum absolute atomic E-state index is 13.7. The molecular formula is C25H28ClN5O3. The summed E-state index contributed by atoms with van der Waals surface area (Å²) in [5.41, 5.74) is 4.85. The number of nitrogens with zero attached hydrogens (tertiary/aromatic N) is 3. The lowest BCUT2D eigenvalue weighted by Crippen LogP contribution is -2.39. The Morgan fingerprint density at radius 1 is 1.21 bits per heavy atom. The van der Waals surface area contributed by atoms with Crippen LogP contribution in [0.25, 0.3) is 11.1 Å². The molecule has 1 aliphatic heterocycles. The van der Waals surface area contributed by atoms with Gasteiger partial charge in [0.25, 0.3) is 11.5 Å². The van der Waals surface area contributed by atoms with Gasteiger partial charge in [0.1, 0.15) is 5.75 Å². The Balaban J connectivity index is 1.80. The summed E-state index contributed by atoms with van der Waals surface area (Å²) in [7, 11) is 1.75. The van der Waals surface area contributed by atoms with E-state index in [-0.39, 0.29) is 29.1 Å². The van der Waals surface area contributed by atoms with Gasteiger partial charge in [-0.05, 0) is 62.9 Å². The highest BCUT2D eigenvalue weighted by atomic mass is 35.5. The Morgan fingerprint density at radius 3 is 2.53 bits per heavy atom. The van der Waals surface area contributed by atoms with Crippen LogP contribution in [0, 0.1) is 13.8 Å². The Kier molecular flexibility index (Phi) is 6.61. The summed E-state index contributed by atoms with van der Waals surface area (Å²) in [6, 6.07) is 3.77. The first kappa shape index (κ1) is 23.8. The van der Waals surface area contributed by atoms with Gasteiger partial charge in [-0.15, -0.1) is 0 Å². The smallest absolute Gasteiger partial charge is 0.256 e. The third-order valence-electron chi connectivity index (χ3n) is 5.86. The molecule has 0 aliphatic carbocycles. The number of H-pyrrole nitrogens is 1. The highest BCUT2D eigenvalue weighted by Crippen LogP contribution is 2.41. The SMILES string of the molecule is CNc1ncc(-c2cc(OC(C)C)c(Cl)c3c2CCN(Cc2c(C)cc(C)[nH]c2=O)C3=O)cn1. The first-order chi connectivity index (χ1) is 16.2. The summed E-state index contributed by atoms with van der Waals surface area (Å²) in [5.74, 6) is 0.711. The summed E-state index contributed by atoms with van der Waals surface area (Å²) < 4.78 is 5.96. The number of ether oxygens (including phenoxy) is 1. The van der Waals surface area contributed by atoms with Gasteiger partial charge in [-0.25, -0.2) is 9.97 Å². The van der Waals surface area contributed by atoms with Crippen molar-refractivity contribution < 1.29 is 9.53 Å². The van der Waals surface area contributed by atoms with Crippen LogP contribution in [-0.4, -0.2) is 45.5 Å². The third-order valence-corrected chi connectivity index (χ3v) is 6.24. The average molecular weight is 482 g/mol. The fourth-order valence-electron chi connectivity index (χ4n) is 4.27. The molecule has 3 heterocycles. The predicted molar refractivity (Wildman–Crippen MR) is 133 cm³/mol. The quantitative estimate of drug-likeness (QED) is 0.549. The molecule has 0 unspecified atom stereocenters. The zero-order valence-electron chi connectivity index (χ0n) is 20.0. The van der Waals surface area contributed by atoms with Gasteiger partial charge in [0, 0.05) is 42.8 Å². The van der Waals surface area contributed by atoms with Crippen molar-refractivity contribution in [2.45, 2.75) is 46.8 Å². The van der Waals surface area contributed by atoms with Crippen LogP contribution >= 0.6 is 11.6 Å². The van der Waals surface area contributed by atoms with E-state index in [0.29, 0.717) is 35.8 Å². The monoisotopic (exact) mass is 481 g/mol. The Bertz CT molecular complexity index is 1300. The number of nitrogens with one attached hydrogen (secondary N) is 2. The summed E-state index contributed by atoms with van der Waals surface area (Å²) in [6.45, 7) is 8.20. The topological polar surface area (TPSA) is 100 Å². The van der Waals surface area contributed by atoms with E-state index in [1.807, 2.05) is 39.8 Å². The number of hydrogen-bond donors (Lipinski definition) is 2. The number of rotatable bonds is 6. The summed E-state index contributed by atoms with van der Waals surface area (Å²) >= 11 is 6.74. The fraction of sp³-hybridized carbons (Fsp3) is 0.360. The number of aryl methyl sites for hydroxylation is 2. The molecule has 0 radical (unpaired) electrons. The molecule has 0 bridgehead atoms. The van der Waals surface area contributed by atoms with E-state index < -0.39 is 0 Å². The van der Waals surface area contributed by atoms with Crippen molar-refractivity contribution in [2.24, 2.45) is 0 Å². The van der Waals surface area contributed by atoms with Gasteiger partial charge in [0.2, 0.25) is 5.95 Å². The number of aromatic amines is 1. The van der Waals surface area contributed by atoms with Gasteiger partial charge < -0.3 is 19.9 Å². The maximum atomic E-state index is 13.7. The normalized spacial score (nSPS) is 13.3. The second-order valence-corrected chi connectivity index (χ2v) is 9.10. The van der Waals surface area contributed by atoms with Crippen LogP contribution in [0.2, 0.25) is 5.02 Å². The molecule has 0 fully saturated rings. The Labute approximate surface area is 203 Å². The Hall–Kier alpha value is -3.39. The van der Waals surface area contributed by atoms with E-state index in [4.69, 9.17) is 16.3 Å². The van der Waals surface area contributed by atoms with Crippen molar-refractivity contribution in [3.8, 4) is 16.9 Å². The van der Waals surface area contributed by atoms with Crippen molar-refractivity contribution in [3.63, 3.8) is 0 Å². The number of anilines is 1. The molecular weight excluding hydrogens is 454 g/mol. The molecule has 178 valence electrons. The van der Waals surface area contributed by atoms with Crippen molar-refractivity contribution >= 4 is 23.5 Å². The lowest BCUT2D eigenvalue weighted by Gasteiger charge is -2.31. The molecule has 2 N–H and O–H groups in total. The number of amides is 1. The van der Waals surface area contributed by atoms with Crippen molar-refractivity contribution in [1.82, 2.24) is 19.9 Å². The van der Waals surface area contributed by atoms with Crippen LogP contribution < -0.4 is 15.6 Å². The molecule has 1 aromatic carbocycles. The van der Waals surface area contributed by atoms with E-state index in [1.54, 1.807) is 24.3 Å². The predicted octanol–water partition coefficient (Wildman–Crippen LogP) is 4.13. The average Bonchev–Trinajstić information content (AvgIpc) is 2.79. The fourth-order valence-corrected chi connectivity index (χ4v) is 4.57. The van der Waals surface area contributed by atoms with Crippen LogP contribution in [0.1, 0.15) is 46.6 Å². The van der Waals surface area contributed by atoms with Gasteiger partial charge in [-0.1, -0.05) is 11.6 Å². The highest BCUT2D eigenvalue weighted by molar-refractivity contribution is 6.35. The standard InChI is InChI=1S/C25H28ClN5O3/c1-13(2)34-20-9-18(16-10-28-25(27-5)29-11-16)17-6-7-31(24(33)21(17)22(20)26)12-19-14(3)8-15(4)30-23(19)32/h8-11,13H,6-7,12H2,1-5H3,(H,30,32)(H,27,28,29). The van der Waals surface area contributed by atoms with E-state index in [2.05, 4.69) is 20.3 Å². The minimum atomic E-state index is -0.228. The number of hydrogen-bond acceptors (Lipinski definition) is 6. The second-order valence-electron chi connectivity index (χ2n) is 8.72. The van der Waals surface area contributed by atoms with Crippen LogP contribution in [0.3, 0.4) is 0 Å². The van der Waals surface area contributed by atoms with Gasteiger partial charge in [0.15, 0.2) is 0 Å². The molecule has 0 spiro atoms. The van der Waals surface area contributed by atoms with Crippen molar-refractivity contribution in [2.75, 3.05) is 18.9 Å². The van der Waals surface area contributed by atoms with Gasteiger partial charge in [0.05, 0.1) is 23.2 Å². The van der Waals surface area contributed by atoms with Crippen LogP contribution in [-0.2, 0) is 13.0 Å². The zero-order valence-corrected chi connectivity index (χ0v) is 20.7. The van der Waals surface area contributed by atoms with Crippen LogP contribution in [0.4, 0.5) is 5.95 Å². The molecule has 0 saturated carbocycles. The highest BCUT2D eigenvalue weighted by Gasteiger charge is 2.32. The van der Waals surface area contributed by atoms with Crippen LogP contribution in [0.15, 0.2) is 29.3 Å². The Morgan fingerprint density at radius 2 is 1.91 bits per heavy atom. The molecule has 1 amide bonds. The van der Waals surface area contributed by atoms with Gasteiger partial charge in [-0.2, -0.15) is 0 Å². The molecule has 0 saturated heterocycles. The molecule has 34 heavy (non-hydrogen) atoms. The maximum Gasteiger partial charge on any atom is 0.256 e. The number of aromatic nitrogens is 3. The molecule has 3 aromatic rings. The van der Waals surface area contributed by atoms with Gasteiger partial charge >= 0.3 is 0 Å². The molecule has 8 nitrogen and oxygen atoms in total. The molecule has 1 aliphatic rings. The number of fused-ring (bicyclic) bond motifs is 1. The van der Waals surface area contributed by atoms with E-state index >= 15 is 0 Å². The molecule has 9 heteroatoms. The minimum absolute atomic E-state index is 0.130. The molecule has 0 atom stereocenters.